The third kappa shape index (κ3) is 5.92. The summed E-state index contributed by atoms with van der Waals surface area (Å²) in [7, 11) is 3.79. The van der Waals surface area contributed by atoms with Crippen LogP contribution in [-0.4, -0.2) is 18.1 Å². The summed E-state index contributed by atoms with van der Waals surface area (Å²) >= 11 is 0. The molecule has 1 unspecified atom stereocenters. The first-order valence-corrected chi connectivity index (χ1v) is 10.7. The van der Waals surface area contributed by atoms with E-state index in [0.717, 1.165) is 23.5 Å². The van der Waals surface area contributed by atoms with Gasteiger partial charge < -0.3 is 10.0 Å². The van der Waals surface area contributed by atoms with Gasteiger partial charge in [0.1, 0.15) is 7.05 Å². The number of carboxylic acid groups (broad SMARTS) is 1. The molecular formula is C26H28F3N2O2+. The third-order valence-electron chi connectivity index (χ3n) is 5.63. The van der Waals surface area contributed by atoms with Gasteiger partial charge in [-0.3, -0.25) is 4.79 Å². The molecule has 1 heterocycles. The van der Waals surface area contributed by atoms with Gasteiger partial charge in [0.15, 0.2) is 12.4 Å². The standard InChI is InChI=1S/C26H27F3N2O2/c1-17(2)13-24(25(32)33)20-14-19(18-5-7-21(8-6-18)26(27,28)29)15-23(16-20)31(4)22-9-11-30(3)12-10-22/h5-12,14-17,24H,13H2,1-4H3/p+1. The fourth-order valence-electron chi connectivity index (χ4n) is 3.76. The molecule has 0 aliphatic carbocycles. The molecule has 1 atom stereocenters. The number of alkyl halides is 3. The van der Waals surface area contributed by atoms with Gasteiger partial charge in [-0.1, -0.05) is 32.0 Å². The van der Waals surface area contributed by atoms with Gasteiger partial charge >= 0.3 is 12.1 Å². The number of carboxylic acids is 1. The van der Waals surface area contributed by atoms with Crippen molar-refractivity contribution in [3.05, 3.63) is 78.1 Å². The fourth-order valence-corrected chi connectivity index (χ4v) is 3.76. The molecule has 33 heavy (non-hydrogen) atoms. The number of pyridine rings is 1. The maximum absolute atomic E-state index is 13.0. The van der Waals surface area contributed by atoms with E-state index in [9.17, 15) is 23.1 Å². The van der Waals surface area contributed by atoms with Crippen molar-refractivity contribution in [2.75, 3.05) is 11.9 Å². The maximum atomic E-state index is 13.0. The van der Waals surface area contributed by atoms with Gasteiger partial charge in [-0.25, -0.2) is 4.57 Å². The molecule has 0 aliphatic heterocycles. The lowest BCUT2D eigenvalue weighted by Gasteiger charge is -2.23. The Bertz CT molecular complexity index is 1110. The first kappa shape index (κ1) is 24.3. The fraction of sp³-hybridized carbons (Fsp3) is 0.308. The Labute approximate surface area is 191 Å². The van der Waals surface area contributed by atoms with Gasteiger partial charge in [0.2, 0.25) is 0 Å². The minimum absolute atomic E-state index is 0.163. The van der Waals surface area contributed by atoms with Crippen molar-refractivity contribution in [3.63, 3.8) is 0 Å². The molecule has 0 radical (unpaired) electrons. The number of aromatic nitrogens is 1. The van der Waals surface area contributed by atoms with Crippen LogP contribution in [0.1, 0.15) is 37.3 Å². The van der Waals surface area contributed by atoms with Crippen molar-refractivity contribution >= 4 is 17.3 Å². The largest absolute Gasteiger partial charge is 0.481 e. The maximum Gasteiger partial charge on any atom is 0.416 e. The number of halogens is 3. The van der Waals surface area contributed by atoms with E-state index in [-0.39, 0.29) is 5.92 Å². The molecule has 0 spiro atoms. The van der Waals surface area contributed by atoms with Gasteiger partial charge in [-0.05, 0) is 53.3 Å². The van der Waals surface area contributed by atoms with Crippen molar-refractivity contribution in [1.82, 2.24) is 0 Å². The molecule has 174 valence electrons. The summed E-state index contributed by atoms with van der Waals surface area (Å²) in [6.45, 7) is 3.93. The Balaban J connectivity index is 2.12. The van der Waals surface area contributed by atoms with E-state index in [0.29, 0.717) is 23.1 Å². The minimum Gasteiger partial charge on any atom is -0.481 e. The smallest absolute Gasteiger partial charge is 0.416 e. The predicted molar refractivity (Wildman–Crippen MR) is 122 cm³/mol. The molecule has 0 saturated carbocycles. The predicted octanol–water partition coefficient (Wildman–Crippen LogP) is 6.18. The molecule has 1 aromatic heterocycles. The Kier molecular flexibility index (Phi) is 7.10. The zero-order valence-electron chi connectivity index (χ0n) is 19.1. The Morgan fingerprint density at radius 3 is 2.09 bits per heavy atom. The summed E-state index contributed by atoms with van der Waals surface area (Å²) in [6, 6.07) is 14.3. The molecule has 0 saturated heterocycles. The summed E-state index contributed by atoms with van der Waals surface area (Å²) in [5.41, 5.74) is 2.81. The highest BCUT2D eigenvalue weighted by Crippen LogP contribution is 2.36. The number of aliphatic carboxylic acids is 1. The van der Waals surface area contributed by atoms with Crippen LogP contribution in [0.2, 0.25) is 0 Å². The molecule has 1 N–H and O–H groups in total. The number of hydrogen-bond acceptors (Lipinski definition) is 2. The zero-order chi connectivity index (χ0) is 24.3. The van der Waals surface area contributed by atoms with Crippen LogP contribution < -0.4 is 9.47 Å². The number of aryl methyl sites for hydroxylation is 1. The van der Waals surface area contributed by atoms with Crippen molar-refractivity contribution in [1.29, 1.82) is 0 Å². The number of anilines is 2. The summed E-state index contributed by atoms with van der Waals surface area (Å²) in [6.07, 6.45) is -0.145. The van der Waals surface area contributed by atoms with Crippen LogP contribution in [0, 0.1) is 5.92 Å². The van der Waals surface area contributed by atoms with E-state index in [4.69, 9.17) is 0 Å². The first-order valence-electron chi connectivity index (χ1n) is 10.7. The normalized spacial score (nSPS) is 12.6. The lowest BCUT2D eigenvalue weighted by atomic mass is 9.88. The minimum atomic E-state index is -4.42. The molecule has 0 fully saturated rings. The quantitative estimate of drug-likeness (QED) is 0.431. The van der Waals surface area contributed by atoms with Crippen molar-refractivity contribution in [2.24, 2.45) is 13.0 Å². The number of benzene rings is 2. The van der Waals surface area contributed by atoms with Crippen LogP contribution in [0.4, 0.5) is 24.5 Å². The average Bonchev–Trinajstić information content (AvgIpc) is 2.76. The van der Waals surface area contributed by atoms with Crippen LogP contribution in [0.5, 0.6) is 0 Å². The monoisotopic (exact) mass is 457 g/mol. The second-order valence-electron chi connectivity index (χ2n) is 8.69. The third-order valence-corrected chi connectivity index (χ3v) is 5.63. The summed E-state index contributed by atoms with van der Waals surface area (Å²) in [5, 5.41) is 9.90. The Hall–Kier alpha value is -3.35. The molecule has 0 bridgehead atoms. The van der Waals surface area contributed by atoms with E-state index < -0.39 is 23.6 Å². The second-order valence-corrected chi connectivity index (χ2v) is 8.69. The highest BCUT2D eigenvalue weighted by Gasteiger charge is 2.30. The SMILES string of the molecule is CC(C)CC(C(=O)O)c1cc(-c2ccc(C(F)(F)F)cc2)cc(N(C)c2cc[n+](C)cc2)c1. The van der Waals surface area contributed by atoms with Crippen LogP contribution in [0.15, 0.2) is 67.0 Å². The number of hydrogen-bond donors (Lipinski definition) is 1. The van der Waals surface area contributed by atoms with Gasteiger partial charge in [0, 0.05) is 24.9 Å². The van der Waals surface area contributed by atoms with Crippen LogP contribution in [0.25, 0.3) is 11.1 Å². The molecule has 4 nitrogen and oxygen atoms in total. The number of carbonyl (C=O) groups is 1. The Morgan fingerprint density at radius 2 is 1.58 bits per heavy atom. The van der Waals surface area contributed by atoms with Gasteiger partial charge in [-0.2, -0.15) is 13.2 Å². The lowest BCUT2D eigenvalue weighted by molar-refractivity contribution is -0.671. The van der Waals surface area contributed by atoms with E-state index in [1.165, 1.54) is 12.1 Å². The van der Waals surface area contributed by atoms with E-state index in [1.54, 1.807) is 6.07 Å². The average molecular weight is 458 g/mol. The second kappa shape index (κ2) is 9.65. The summed E-state index contributed by atoms with van der Waals surface area (Å²) in [5.74, 6) is -1.48. The molecule has 2 aromatic carbocycles. The first-order chi connectivity index (χ1) is 15.5. The molecule has 3 aromatic rings. The molecule has 3 rings (SSSR count). The van der Waals surface area contributed by atoms with Crippen molar-refractivity contribution in [2.45, 2.75) is 32.4 Å². The molecule has 7 heteroatoms. The highest BCUT2D eigenvalue weighted by molar-refractivity contribution is 5.80. The van der Waals surface area contributed by atoms with E-state index >= 15 is 0 Å². The summed E-state index contributed by atoms with van der Waals surface area (Å²) in [4.78, 5) is 14.0. The number of nitrogens with zero attached hydrogens (tertiary/aromatic N) is 2. The zero-order valence-corrected chi connectivity index (χ0v) is 19.1. The molecule has 0 amide bonds. The van der Waals surface area contributed by atoms with Crippen LogP contribution in [0.3, 0.4) is 0 Å². The van der Waals surface area contributed by atoms with Gasteiger partial charge in [0.05, 0.1) is 17.2 Å². The molecule has 0 aliphatic rings. The van der Waals surface area contributed by atoms with Crippen molar-refractivity contribution < 1.29 is 27.6 Å². The molecular weight excluding hydrogens is 429 g/mol. The van der Waals surface area contributed by atoms with Gasteiger partial charge in [0.25, 0.3) is 0 Å². The highest BCUT2D eigenvalue weighted by atomic mass is 19.4. The van der Waals surface area contributed by atoms with Crippen molar-refractivity contribution in [3.8, 4) is 11.1 Å². The topological polar surface area (TPSA) is 44.4 Å². The number of rotatable bonds is 7. The van der Waals surface area contributed by atoms with Crippen LogP contribution in [-0.2, 0) is 18.0 Å². The van der Waals surface area contributed by atoms with Gasteiger partial charge in [-0.15, -0.1) is 0 Å². The Morgan fingerprint density at radius 1 is 0.970 bits per heavy atom. The van der Waals surface area contributed by atoms with E-state index in [1.807, 2.05) is 74.1 Å². The van der Waals surface area contributed by atoms with E-state index in [2.05, 4.69) is 0 Å². The lowest BCUT2D eigenvalue weighted by Crippen LogP contribution is -2.26. The van der Waals surface area contributed by atoms with Crippen LogP contribution >= 0.6 is 0 Å². The summed E-state index contributed by atoms with van der Waals surface area (Å²) < 4.78 is 41.0.